The van der Waals surface area contributed by atoms with Gasteiger partial charge in [-0.2, -0.15) is 0 Å². The van der Waals surface area contributed by atoms with Crippen LogP contribution in [0.25, 0.3) is 0 Å². The van der Waals surface area contributed by atoms with Crippen molar-refractivity contribution in [1.29, 1.82) is 0 Å². The molecule has 2 saturated heterocycles. The van der Waals surface area contributed by atoms with E-state index in [-0.39, 0.29) is 30.2 Å². The Morgan fingerprint density at radius 3 is 2.44 bits per heavy atom. The van der Waals surface area contributed by atoms with Gasteiger partial charge in [-0.3, -0.25) is 19.3 Å². The van der Waals surface area contributed by atoms with Crippen molar-refractivity contribution in [2.24, 2.45) is 11.7 Å². The van der Waals surface area contributed by atoms with Crippen LogP contribution in [0.1, 0.15) is 62.8 Å². The molecule has 2 aliphatic heterocycles. The molecule has 3 fully saturated rings. The molecule has 0 spiro atoms. The molecule has 34 heavy (non-hydrogen) atoms. The van der Waals surface area contributed by atoms with E-state index in [9.17, 15) is 19.5 Å². The van der Waals surface area contributed by atoms with Gasteiger partial charge in [-0.1, -0.05) is 30.3 Å². The molecule has 8 heteroatoms. The molecule has 2 heterocycles. The van der Waals surface area contributed by atoms with Crippen molar-refractivity contribution in [3.05, 3.63) is 35.9 Å². The van der Waals surface area contributed by atoms with Crippen molar-refractivity contribution in [3.63, 3.8) is 0 Å². The fourth-order valence-corrected chi connectivity index (χ4v) is 5.95. The van der Waals surface area contributed by atoms with Gasteiger partial charge in [-0.15, -0.1) is 0 Å². The zero-order valence-corrected chi connectivity index (χ0v) is 19.9. The van der Waals surface area contributed by atoms with Crippen molar-refractivity contribution in [3.8, 4) is 0 Å². The maximum Gasteiger partial charge on any atom is 0.304 e. The van der Waals surface area contributed by atoms with E-state index in [0.717, 1.165) is 44.1 Å². The van der Waals surface area contributed by atoms with Crippen LogP contribution in [0.2, 0.25) is 0 Å². The van der Waals surface area contributed by atoms with Gasteiger partial charge in [0.2, 0.25) is 11.8 Å². The number of aliphatic carboxylic acids is 1. The van der Waals surface area contributed by atoms with Crippen LogP contribution in [-0.2, 0) is 14.4 Å². The first-order chi connectivity index (χ1) is 16.4. The Morgan fingerprint density at radius 2 is 1.74 bits per heavy atom. The lowest BCUT2D eigenvalue weighted by molar-refractivity contribution is -0.143. The number of carboxylic acid groups (broad SMARTS) is 1. The Hall–Kier alpha value is -2.45. The van der Waals surface area contributed by atoms with Gasteiger partial charge >= 0.3 is 5.97 Å². The predicted molar refractivity (Wildman–Crippen MR) is 129 cm³/mol. The highest BCUT2D eigenvalue weighted by atomic mass is 16.4. The van der Waals surface area contributed by atoms with Crippen molar-refractivity contribution < 1.29 is 19.5 Å². The standard InChI is InChI=1S/C26H38N4O4/c27-20-10-8-18(9-11-20)17-28-25(33)22-7-4-14-30(22)26(34)24-21(19-5-2-1-3-6-19)12-15-29(24)16-13-23(31)32/h1-3,5-6,18,20-22,24H,4,7-17,27H2,(H,28,33)(H,31,32)/t18?,20?,21-,22-,24+/m0/s1. The lowest BCUT2D eigenvalue weighted by Crippen LogP contribution is -2.53. The van der Waals surface area contributed by atoms with Gasteiger partial charge in [0, 0.05) is 31.6 Å². The van der Waals surface area contributed by atoms with E-state index in [2.05, 4.69) is 5.32 Å². The molecule has 186 valence electrons. The summed E-state index contributed by atoms with van der Waals surface area (Å²) >= 11 is 0. The molecule has 3 atom stereocenters. The highest BCUT2D eigenvalue weighted by molar-refractivity contribution is 5.91. The maximum absolute atomic E-state index is 13.9. The first-order valence-electron chi connectivity index (χ1n) is 12.8. The van der Waals surface area contributed by atoms with Gasteiger partial charge in [0.05, 0.1) is 12.5 Å². The van der Waals surface area contributed by atoms with Crippen LogP contribution < -0.4 is 11.1 Å². The summed E-state index contributed by atoms with van der Waals surface area (Å²) in [5.41, 5.74) is 7.09. The van der Waals surface area contributed by atoms with E-state index in [1.165, 1.54) is 0 Å². The number of carboxylic acids is 1. The third-order valence-corrected chi connectivity index (χ3v) is 7.89. The third kappa shape index (κ3) is 5.78. The summed E-state index contributed by atoms with van der Waals surface area (Å²) in [5.74, 6) is -0.516. The molecule has 8 nitrogen and oxygen atoms in total. The zero-order valence-electron chi connectivity index (χ0n) is 19.9. The summed E-state index contributed by atoms with van der Waals surface area (Å²) < 4.78 is 0. The number of nitrogens with one attached hydrogen (secondary N) is 1. The Kier molecular flexibility index (Phi) is 8.21. The third-order valence-electron chi connectivity index (χ3n) is 7.89. The fraction of sp³-hybridized carbons (Fsp3) is 0.654. The molecule has 0 unspecified atom stereocenters. The Labute approximate surface area is 201 Å². The predicted octanol–water partition coefficient (Wildman–Crippen LogP) is 1.94. The second-order valence-corrected chi connectivity index (χ2v) is 10.1. The number of nitrogens with two attached hydrogens (primary N) is 1. The minimum Gasteiger partial charge on any atom is -0.481 e. The van der Waals surface area contributed by atoms with Gasteiger partial charge in [0.1, 0.15) is 6.04 Å². The summed E-state index contributed by atoms with van der Waals surface area (Å²) in [7, 11) is 0. The molecule has 0 aromatic heterocycles. The Morgan fingerprint density at radius 1 is 1.00 bits per heavy atom. The molecule has 1 aromatic carbocycles. The van der Waals surface area contributed by atoms with E-state index in [1.807, 2.05) is 35.2 Å². The first kappa shape index (κ1) is 24.7. The molecule has 0 radical (unpaired) electrons. The number of carbonyl (C=O) groups is 3. The molecule has 0 bridgehead atoms. The SMILES string of the molecule is NC1CCC(CNC(=O)[C@@H]2CCCN2C(=O)[C@H]2[C@H](c3ccccc3)CCN2CCC(=O)O)CC1. The quantitative estimate of drug-likeness (QED) is 0.535. The maximum atomic E-state index is 13.9. The largest absolute Gasteiger partial charge is 0.481 e. The van der Waals surface area contributed by atoms with Crippen LogP contribution >= 0.6 is 0 Å². The average Bonchev–Trinajstić information content (AvgIpc) is 3.50. The number of hydrogen-bond acceptors (Lipinski definition) is 5. The summed E-state index contributed by atoms with van der Waals surface area (Å²) in [6.07, 6.45) is 6.36. The summed E-state index contributed by atoms with van der Waals surface area (Å²) in [6, 6.07) is 9.38. The monoisotopic (exact) mass is 470 g/mol. The smallest absolute Gasteiger partial charge is 0.304 e. The van der Waals surface area contributed by atoms with Crippen LogP contribution in [0.4, 0.5) is 0 Å². The molecule has 1 aliphatic carbocycles. The lowest BCUT2D eigenvalue weighted by atomic mass is 9.86. The fourth-order valence-electron chi connectivity index (χ4n) is 5.95. The van der Waals surface area contributed by atoms with E-state index < -0.39 is 18.1 Å². The second-order valence-electron chi connectivity index (χ2n) is 10.1. The number of carbonyl (C=O) groups excluding carboxylic acids is 2. The van der Waals surface area contributed by atoms with Gasteiger partial charge in [0.15, 0.2) is 0 Å². The normalized spacial score (nSPS) is 29.8. The van der Waals surface area contributed by atoms with E-state index >= 15 is 0 Å². The van der Waals surface area contributed by atoms with Crippen molar-refractivity contribution in [1.82, 2.24) is 15.1 Å². The summed E-state index contributed by atoms with van der Waals surface area (Å²) in [4.78, 5) is 42.0. The first-order valence-corrected chi connectivity index (χ1v) is 12.8. The molecule has 4 rings (SSSR count). The number of rotatable bonds is 8. The average molecular weight is 471 g/mol. The van der Waals surface area contributed by atoms with Crippen LogP contribution in [0.15, 0.2) is 30.3 Å². The highest BCUT2D eigenvalue weighted by Crippen LogP contribution is 2.36. The number of hydrogen-bond donors (Lipinski definition) is 3. The van der Waals surface area contributed by atoms with Gasteiger partial charge in [0.25, 0.3) is 0 Å². The van der Waals surface area contributed by atoms with Crippen molar-refractivity contribution >= 4 is 17.8 Å². The summed E-state index contributed by atoms with van der Waals surface area (Å²) in [6.45, 7) is 2.23. The number of nitrogens with zero attached hydrogens (tertiary/aromatic N) is 2. The number of benzene rings is 1. The topological polar surface area (TPSA) is 116 Å². The minimum atomic E-state index is -0.864. The van der Waals surface area contributed by atoms with Crippen LogP contribution in [0.3, 0.4) is 0 Å². The van der Waals surface area contributed by atoms with Gasteiger partial charge < -0.3 is 21.1 Å². The van der Waals surface area contributed by atoms with E-state index in [0.29, 0.717) is 38.5 Å². The molecule has 1 saturated carbocycles. The molecular formula is C26H38N4O4. The lowest BCUT2D eigenvalue weighted by Gasteiger charge is -2.33. The van der Waals surface area contributed by atoms with Crippen LogP contribution in [0.5, 0.6) is 0 Å². The van der Waals surface area contributed by atoms with Crippen LogP contribution in [-0.4, -0.2) is 77.0 Å². The molecular weight excluding hydrogens is 432 g/mol. The van der Waals surface area contributed by atoms with E-state index in [1.54, 1.807) is 4.90 Å². The number of amides is 2. The number of likely N-dealkylation sites (tertiary alicyclic amines) is 2. The zero-order chi connectivity index (χ0) is 24.1. The Balaban J connectivity index is 1.44. The van der Waals surface area contributed by atoms with Crippen LogP contribution in [0, 0.1) is 5.92 Å². The van der Waals surface area contributed by atoms with Crippen molar-refractivity contribution in [2.45, 2.75) is 75.4 Å². The van der Waals surface area contributed by atoms with E-state index in [4.69, 9.17) is 5.73 Å². The molecule has 3 aliphatic rings. The Bertz CT molecular complexity index is 856. The van der Waals surface area contributed by atoms with Crippen molar-refractivity contribution in [2.75, 3.05) is 26.2 Å². The minimum absolute atomic E-state index is 0.000248. The summed E-state index contributed by atoms with van der Waals surface area (Å²) in [5, 5.41) is 12.3. The molecule has 4 N–H and O–H groups in total. The molecule has 1 aromatic rings. The van der Waals surface area contributed by atoms with Gasteiger partial charge in [-0.25, -0.2) is 0 Å². The highest BCUT2D eigenvalue weighted by Gasteiger charge is 2.45. The molecule has 2 amide bonds. The second kappa shape index (κ2) is 11.3. The van der Waals surface area contributed by atoms with Gasteiger partial charge in [-0.05, 0) is 63.0 Å².